The Morgan fingerprint density at radius 2 is 1.86 bits per heavy atom. The standard InChI is InChI=1S/C22H27N3O3/c1-16(2)18-5-3-4-6-19(18)24-21(26)17-7-10-23-20(15-17)25-11-8-22(9-12-25)27-13-14-28-22/h3-7,10,15-16H,8-9,11-14H2,1-2H3,(H,24,26). The highest BCUT2D eigenvalue weighted by atomic mass is 16.7. The van der Waals surface area contributed by atoms with Crippen LogP contribution in [0.3, 0.4) is 0 Å². The average molecular weight is 381 g/mol. The second-order valence-corrected chi connectivity index (χ2v) is 7.69. The van der Waals surface area contributed by atoms with Crippen LogP contribution in [-0.2, 0) is 9.47 Å². The van der Waals surface area contributed by atoms with Gasteiger partial charge in [0.25, 0.3) is 5.91 Å². The van der Waals surface area contributed by atoms with Crippen LogP contribution in [0.5, 0.6) is 0 Å². The van der Waals surface area contributed by atoms with E-state index in [0.717, 1.165) is 43.0 Å². The lowest BCUT2D eigenvalue weighted by Gasteiger charge is -2.38. The highest BCUT2D eigenvalue weighted by Crippen LogP contribution is 2.33. The Kier molecular flexibility index (Phi) is 5.33. The number of piperidine rings is 1. The van der Waals surface area contributed by atoms with E-state index in [9.17, 15) is 4.79 Å². The Bertz CT molecular complexity index is 836. The lowest BCUT2D eigenvalue weighted by molar-refractivity contribution is -0.169. The predicted octanol–water partition coefficient (Wildman–Crippen LogP) is 3.80. The van der Waals surface area contributed by atoms with Crippen molar-refractivity contribution in [3.8, 4) is 0 Å². The summed E-state index contributed by atoms with van der Waals surface area (Å²) < 4.78 is 11.6. The first-order valence-electron chi connectivity index (χ1n) is 9.95. The minimum atomic E-state index is -0.411. The van der Waals surface area contributed by atoms with Crippen LogP contribution in [0.15, 0.2) is 42.6 Å². The molecule has 4 rings (SSSR count). The minimum Gasteiger partial charge on any atom is -0.356 e. The molecule has 2 aliphatic rings. The van der Waals surface area contributed by atoms with Crippen LogP contribution in [0, 0.1) is 0 Å². The Morgan fingerprint density at radius 1 is 1.14 bits per heavy atom. The van der Waals surface area contributed by atoms with E-state index in [4.69, 9.17) is 9.47 Å². The number of amides is 1. The number of ether oxygens (including phenoxy) is 2. The second-order valence-electron chi connectivity index (χ2n) is 7.69. The molecule has 2 aromatic rings. The van der Waals surface area contributed by atoms with Crippen molar-refractivity contribution in [1.82, 2.24) is 4.98 Å². The summed E-state index contributed by atoms with van der Waals surface area (Å²) in [5.74, 6) is 0.627. The van der Waals surface area contributed by atoms with Gasteiger partial charge < -0.3 is 19.7 Å². The zero-order chi connectivity index (χ0) is 19.6. The number of anilines is 2. The molecule has 0 aliphatic carbocycles. The zero-order valence-corrected chi connectivity index (χ0v) is 16.5. The fourth-order valence-corrected chi connectivity index (χ4v) is 3.90. The first kappa shape index (κ1) is 18.9. The summed E-state index contributed by atoms with van der Waals surface area (Å²) in [5, 5.41) is 3.05. The quantitative estimate of drug-likeness (QED) is 0.873. The molecule has 0 bridgehead atoms. The summed E-state index contributed by atoms with van der Waals surface area (Å²) in [5.41, 5.74) is 2.59. The van der Waals surface area contributed by atoms with Crippen LogP contribution in [0.4, 0.5) is 11.5 Å². The fourth-order valence-electron chi connectivity index (χ4n) is 3.90. The molecule has 0 unspecified atom stereocenters. The van der Waals surface area contributed by atoms with Gasteiger partial charge in [0.1, 0.15) is 5.82 Å². The number of pyridine rings is 1. The van der Waals surface area contributed by atoms with Crippen LogP contribution in [0.2, 0.25) is 0 Å². The first-order valence-corrected chi connectivity index (χ1v) is 9.95. The third kappa shape index (κ3) is 3.88. The molecule has 1 aromatic heterocycles. The number of nitrogens with one attached hydrogen (secondary N) is 1. The molecule has 1 N–H and O–H groups in total. The summed E-state index contributed by atoms with van der Waals surface area (Å²) in [6.45, 7) is 7.19. The number of rotatable bonds is 4. The largest absolute Gasteiger partial charge is 0.356 e. The molecule has 1 aromatic carbocycles. The number of para-hydroxylation sites is 1. The molecule has 3 heterocycles. The van der Waals surface area contributed by atoms with E-state index in [2.05, 4.69) is 35.1 Å². The van der Waals surface area contributed by atoms with Gasteiger partial charge in [0.2, 0.25) is 0 Å². The SMILES string of the molecule is CC(C)c1ccccc1NC(=O)c1ccnc(N2CCC3(CC2)OCCO3)c1. The van der Waals surface area contributed by atoms with Crippen molar-refractivity contribution in [3.05, 3.63) is 53.7 Å². The van der Waals surface area contributed by atoms with Crippen molar-refractivity contribution < 1.29 is 14.3 Å². The van der Waals surface area contributed by atoms with Gasteiger partial charge in [0.15, 0.2) is 5.79 Å². The highest BCUT2D eigenvalue weighted by molar-refractivity contribution is 6.05. The first-order chi connectivity index (χ1) is 13.6. The van der Waals surface area contributed by atoms with Crippen molar-refractivity contribution >= 4 is 17.4 Å². The van der Waals surface area contributed by atoms with Crippen molar-refractivity contribution in [2.24, 2.45) is 0 Å². The Morgan fingerprint density at radius 3 is 2.57 bits per heavy atom. The van der Waals surface area contributed by atoms with Gasteiger partial charge in [-0.2, -0.15) is 0 Å². The molecule has 0 atom stereocenters. The van der Waals surface area contributed by atoms with E-state index in [1.165, 1.54) is 0 Å². The van der Waals surface area contributed by atoms with E-state index < -0.39 is 5.79 Å². The summed E-state index contributed by atoms with van der Waals surface area (Å²) >= 11 is 0. The number of hydrogen-bond acceptors (Lipinski definition) is 5. The highest BCUT2D eigenvalue weighted by Gasteiger charge is 2.40. The lowest BCUT2D eigenvalue weighted by Crippen LogP contribution is -2.45. The molecule has 6 nitrogen and oxygen atoms in total. The van der Waals surface area contributed by atoms with E-state index in [-0.39, 0.29) is 5.91 Å². The monoisotopic (exact) mass is 381 g/mol. The van der Waals surface area contributed by atoms with Gasteiger partial charge in [-0.1, -0.05) is 32.0 Å². The molecular weight excluding hydrogens is 354 g/mol. The van der Waals surface area contributed by atoms with Crippen molar-refractivity contribution in [1.29, 1.82) is 0 Å². The number of aromatic nitrogens is 1. The van der Waals surface area contributed by atoms with E-state index in [1.807, 2.05) is 24.3 Å². The van der Waals surface area contributed by atoms with Crippen LogP contribution in [-0.4, -0.2) is 43.0 Å². The van der Waals surface area contributed by atoms with Crippen LogP contribution >= 0.6 is 0 Å². The maximum Gasteiger partial charge on any atom is 0.255 e. The maximum absolute atomic E-state index is 12.8. The molecule has 0 radical (unpaired) electrons. The maximum atomic E-state index is 12.8. The number of carbonyl (C=O) groups excluding carboxylic acids is 1. The van der Waals surface area contributed by atoms with E-state index in [1.54, 1.807) is 12.3 Å². The van der Waals surface area contributed by atoms with Crippen LogP contribution in [0.1, 0.15) is 48.5 Å². The van der Waals surface area contributed by atoms with E-state index in [0.29, 0.717) is 24.7 Å². The third-order valence-electron chi connectivity index (χ3n) is 5.50. The average Bonchev–Trinajstić information content (AvgIpc) is 3.17. The Labute approximate surface area is 165 Å². The summed E-state index contributed by atoms with van der Waals surface area (Å²) in [6, 6.07) is 11.6. The van der Waals surface area contributed by atoms with Gasteiger partial charge in [0.05, 0.1) is 13.2 Å². The molecule has 1 spiro atoms. The number of hydrogen-bond donors (Lipinski definition) is 1. The van der Waals surface area contributed by atoms with Gasteiger partial charge in [-0.3, -0.25) is 4.79 Å². The normalized spacial score (nSPS) is 18.6. The van der Waals surface area contributed by atoms with Crippen molar-refractivity contribution in [2.75, 3.05) is 36.5 Å². The van der Waals surface area contributed by atoms with Crippen molar-refractivity contribution in [2.45, 2.75) is 38.4 Å². The van der Waals surface area contributed by atoms with Crippen LogP contribution < -0.4 is 10.2 Å². The van der Waals surface area contributed by atoms with Crippen molar-refractivity contribution in [3.63, 3.8) is 0 Å². The molecule has 148 valence electrons. The van der Waals surface area contributed by atoms with Gasteiger partial charge in [-0.05, 0) is 29.7 Å². The van der Waals surface area contributed by atoms with Crippen LogP contribution in [0.25, 0.3) is 0 Å². The smallest absolute Gasteiger partial charge is 0.255 e. The van der Waals surface area contributed by atoms with Gasteiger partial charge in [-0.15, -0.1) is 0 Å². The number of carbonyl (C=O) groups is 1. The molecule has 2 saturated heterocycles. The second kappa shape index (κ2) is 7.89. The number of nitrogens with zero attached hydrogens (tertiary/aromatic N) is 2. The topological polar surface area (TPSA) is 63.7 Å². The van der Waals surface area contributed by atoms with Gasteiger partial charge >= 0.3 is 0 Å². The molecule has 1 amide bonds. The van der Waals surface area contributed by atoms with E-state index >= 15 is 0 Å². The molecular formula is C22H27N3O3. The van der Waals surface area contributed by atoms with Gasteiger partial charge in [0, 0.05) is 43.4 Å². The molecule has 2 aliphatic heterocycles. The minimum absolute atomic E-state index is 0.118. The fraction of sp³-hybridized carbons (Fsp3) is 0.455. The summed E-state index contributed by atoms with van der Waals surface area (Å²) in [7, 11) is 0. The third-order valence-corrected chi connectivity index (χ3v) is 5.50. The molecule has 28 heavy (non-hydrogen) atoms. The summed E-state index contributed by atoms with van der Waals surface area (Å²) in [4.78, 5) is 19.5. The van der Waals surface area contributed by atoms with Gasteiger partial charge in [-0.25, -0.2) is 4.98 Å². The molecule has 6 heteroatoms. The predicted molar refractivity (Wildman–Crippen MR) is 109 cm³/mol. The Balaban J connectivity index is 1.46. The Hall–Kier alpha value is -2.44. The molecule has 2 fully saturated rings. The molecule has 0 saturated carbocycles. The zero-order valence-electron chi connectivity index (χ0n) is 16.5. The number of benzene rings is 1. The summed E-state index contributed by atoms with van der Waals surface area (Å²) in [6.07, 6.45) is 3.32. The lowest BCUT2D eigenvalue weighted by atomic mass is 10.0.